The lowest BCUT2D eigenvalue weighted by molar-refractivity contribution is -0.119. The Hall–Kier alpha value is -0.433. The summed E-state index contributed by atoms with van der Waals surface area (Å²) in [6.07, 6.45) is 0.710. The van der Waals surface area contributed by atoms with Crippen LogP contribution in [0.1, 0.15) is 20.3 Å². The summed E-state index contributed by atoms with van der Waals surface area (Å²) in [5.74, 6) is -0.111. The van der Waals surface area contributed by atoms with Crippen LogP contribution in [0.25, 0.3) is 0 Å². The van der Waals surface area contributed by atoms with Gasteiger partial charge in [-0.2, -0.15) is 0 Å². The normalized spacial score (nSPS) is 13.8. The van der Waals surface area contributed by atoms with Crippen LogP contribution in [-0.2, 0) is 18.1 Å². The smallest absolute Gasteiger partial charge is 0.376 e. The molecule has 1 atom stereocenters. The number of nitrogens with one attached hydrogen (secondary N) is 1. The Kier molecular flexibility index (Phi) is 5.94. The van der Waals surface area contributed by atoms with E-state index in [9.17, 15) is 4.79 Å². The van der Waals surface area contributed by atoms with Crippen LogP contribution in [0.2, 0.25) is 0 Å². The van der Waals surface area contributed by atoms with Gasteiger partial charge in [-0.05, 0) is 6.42 Å². The molecule has 0 radical (unpaired) electrons. The van der Waals surface area contributed by atoms with Gasteiger partial charge in [0.2, 0.25) is 5.91 Å². The number of carbonyl (C=O) groups is 1. The molecule has 0 spiro atoms. The average molecular weight is 221 g/mol. The van der Waals surface area contributed by atoms with E-state index in [0.29, 0.717) is 6.42 Å². The fourth-order valence-corrected chi connectivity index (χ4v) is 3.60. The van der Waals surface area contributed by atoms with E-state index in [4.69, 9.17) is 13.3 Å². The number of carbonyl (C=O) groups excluding carboxylic acids is 1. The molecule has 1 N–H and O–H groups in total. The van der Waals surface area contributed by atoms with Gasteiger partial charge in [0.15, 0.2) is 0 Å². The van der Waals surface area contributed by atoms with Crippen LogP contribution >= 0.6 is 0 Å². The highest BCUT2D eigenvalue weighted by Crippen LogP contribution is 2.14. The molecule has 0 aliphatic heterocycles. The minimum absolute atomic E-state index is 0.111. The largest absolute Gasteiger partial charge is 0.523 e. The zero-order valence-corrected chi connectivity index (χ0v) is 10.4. The van der Waals surface area contributed by atoms with Crippen molar-refractivity contribution >= 4 is 14.7 Å². The Morgan fingerprint density at radius 2 is 1.71 bits per heavy atom. The predicted octanol–water partition coefficient (Wildman–Crippen LogP) is 0.318. The van der Waals surface area contributed by atoms with Crippen LogP contribution in [0.15, 0.2) is 0 Å². The van der Waals surface area contributed by atoms with Crippen LogP contribution in [0.4, 0.5) is 0 Å². The summed E-state index contributed by atoms with van der Waals surface area (Å²) in [6, 6.07) is 0. The van der Waals surface area contributed by atoms with Gasteiger partial charge in [-0.1, -0.05) is 6.92 Å². The van der Waals surface area contributed by atoms with Gasteiger partial charge >= 0.3 is 8.80 Å². The second kappa shape index (κ2) is 6.13. The van der Waals surface area contributed by atoms with Gasteiger partial charge in [0.1, 0.15) is 0 Å². The Bertz CT molecular complexity index is 176. The zero-order valence-electron chi connectivity index (χ0n) is 9.42. The minimum Gasteiger partial charge on any atom is -0.376 e. The molecule has 0 bridgehead atoms. The molecule has 0 aromatic carbocycles. The number of hydrogen-bond donors (Lipinski definition) is 1. The van der Waals surface area contributed by atoms with Gasteiger partial charge in [-0.15, -0.1) is 0 Å². The lowest BCUT2D eigenvalue weighted by atomic mass is 10.4. The Morgan fingerprint density at radius 3 is 1.93 bits per heavy atom. The summed E-state index contributed by atoms with van der Waals surface area (Å²) in [7, 11) is 1.85. The predicted molar refractivity (Wildman–Crippen MR) is 54.7 cm³/mol. The first-order valence-corrected chi connectivity index (χ1v) is 6.29. The van der Waals surface area contributed by atoms with Crippen LogP contribution in [0, 0.1) is 0 Å². The van der Waals surface area contributed by atoms with Crippen molar-refractivity contribution < 1.29 is 18.1 Å². The van der Waals surface area contributed by atoms with E-state index in [1.54, 1.807) is 0 Å². The molecule has 0 saturated heterocycles. The molecule has 0 heterocycles. The first kappa shape index (κ1) is 13.6. The summed E-state index contributed by atoms with van der Waals surface area (Å²) < 4.78 is 15.8. The molecule has 0 rings (SSSR count). The van der Waals surface area contributed by atoms with Gasteiger partial charge < -0.3 is 18.6 Å². The molecule has 5 nitrogen and oxygen atoms in total. The monoisotopic (exact) mass is 221 g/mol. The van der Waals surface area contributed by atoms with Crippen LogP contribution < -0.4 is 5.32 Å². The second-order valence-electron chi connectivity index (χ2n) is 2.88. The maximum Gasteiger partial charge on any atom is 0.523 e. The Morgan fingerprint density at radius 1 is 1.29 bits per heavy atom. The number of rotatable bonds is 6. The van der Waals surface area contributed by atoms with Gasteiger partial charge in [-0.25, -0.2) is 0 Å². The highest BCUT2D eigenvalue weighted by molar-refractivity contribution is 6.62. The van der Waals surface area contributed by atoms with Gasteiger partial charge in [0.25, 0.3) is 0 Å². The molecular weight excluding hydrogens is 202 g/mol. The lowest BCUT2D eigenvalue weighted by Crippen LogP contribution is -2.61. The van der Waals surface area contributed by atoms with Crippen molar-refractivity contribution in [1.82, 2.24) is 5.32 Å². The van der Waals surface area contributed by atoms with E-state index in [2.05, 4.69) is 5.32 Å². The summed E-state index contributed by atoms with van der Waals surface area (Å²) in [4.78, 5) is 11.0. The molecule has 0 saturated carbocycles. The third-order valence-corrected chi connectivity index (χ3v) is 5.18. The molecule has 1 unspecified atom stereocenters. The summed E-state index contributed by atoms with van der Waals surface area (Å²) >= 11 is 0. The van der Waals surface area contributed by atoms with Crippen molar-refractivity contribution in [2.45, 2.75) is 25.9 Å². The van der Waals surface area contributed by atoms with Crippen LogP contribution in [0.3, 0.4) is 0 Å². The van der Waals surface area contributed by atoms with Crippen LogP contribution in [0.5, 0.6) is 0 Å². The van der Waals surface area contributed by atoms with E-state index < -0.39 is 8.80 Å². The van der Waals surface area contributed by atoms with Gasteiger partial charge in [-0.3, -0.25) is 4.79 Å². The first-order chi connectivity index (χ1) is 6.56. The molecule has 6 heteroatoms. The van der Waals surface area contributed by atoms with Crippen molar-refractivity contribution in [3.63, 3.8) is 0 Å². The molecular formula is C8H19NO4Si. The Balaban J connectivity index is 4.64. The third kappa shape index (κ3) is 3.05. The fourth-order valence-electron chi connectivity index (χ4n) is 1.36. The van der Waals surface area contributed by atoms with Crippen LogP contribution in [-0.4, -0.2) is 41.7 Å². The zero-order chi connectivity index (χ0) is 11.2. The number of hydrogen-bond acceptors (Lipinski definition) is 4. The molecule has 14 heavy (non-hydrogen) atoms. The Labute approximate surface area is 86.1 Å². The molecule has 1 amide bonds. The topological polar surface area (TPSA) is 56.8 Å². The SMILES string of the molecule is CCC(NC(C)=O)[Si](OC)(OC)OC. The van der Waals surface area contributed by atoms with Gasteiger partial charge in [0, 0.05) is 28.3 Å². The van der Waals surface area contributed by atoms with E-state index >= 15 is 0 Å². The summed E-state index contributed by atoms with van der Waals surface area (Å²) in [6.45, 7) is 3.40. The van der Waals surface area contributed by atoms with E-state index in [1.165, 1.54) is 28.3 Å². The van der Waals surface area contributed by atoms with Crippen molar-refractivity contribution in [3.8, 4) is 0 Å². The van der Waals surface area contributed by atoms with Gasteiger partial charge in [0.05, 0.1) is 5.67 Å². The number of amides is 1. The van der Waals surface area contributed by atoms with Crippen molar-refractivity contribution in [2.75, 3.05) is 21.3 Å². The summed E-state index contributed by atoms with van der Waals surface area (Å²) in [5.41, 5.74) is -0.194. The average Bonchev–Trinajstić information content (AvgIpc) is 2.19. The van der Waals surface area contributed by atoms with Crippen molar-refractivity contribution in [1.29, 1.82) is 0 Å². The third-order valence-electron chi connectivity index (χ3n) is 2.07. The minimum atomic E-state index is -2.74. The van der Waals surface area contributed by atoms with Crippen molar-refractivity contribution in [2.24, 2.45) is 0 Å². The summed E-state index contributed by atoms with van der Waals surface area (Å²) in [5, 5.41) is 2.77. The van der Waals surface area contributed by atoms with Crippen molar-refractivity contribution in [3.05, 3.63) is 0 Å². The highest BCUT2D eigenvalue weighted by atomic mass is 28.4. The molecule has 0 aliphatic rings. The van der Waals surface area contributed by atoms with E-state index in [-0.39, 0.29) is 11.6 Å². The fraction of sp³-hybridized carbons (Fsp3) is 0.875. The maximum atomic E-state index is 11.0. The highest BCUT2D eigenvalue weighted by Gasteiger charge is 2.47. The first-order valence-electron chi connectivity index (χ1n) is 4.48. The van der Waals surface area contributed by atoms with E-state index in [1.807, 2.05) is 6.92 Å². The van der Waals surface area contributed by atoms with E-state index in [0.717, 1.165) is 0 Å². The molecule has 0 aromatic rings. The quantitative estimate of drug-likeness (QED) is 0.656. The maximum absolute atomic E-state index is 11.0. The molecule has 0 aliphatic carbocycles. The second-order valence-corrected chi connectivity index (χ2v) is 6.01. The molecule has 0 fully saturated rings. The standard InChI is InChI=1S/C8H19NO4Si/c1-6-8(9-7(2)10)14(11-3,12-4)13-5/h8H,6H2,1-5H3,(H,9,10). The molecule has 84 valence electrons. The lowest BCUT2D eigenvalue weighted by Gasteiger charge is -2.31. The molecule has 0 aromatic heterocycles.